The van der Waals surface area contributed by atoms with Gasteiger partial charge in [-0.1, -0.05) is 36.4 Å². The third kappa shape index (κ3) is 1.98. The van der Waals surface area contributed by atoms with Crippen LogP contribution in [0.15, 0.2) is 42.5 Å². The summed E-state index contributed by atoms with van der Waals surface area (Å²) in [6, 6.07) is 13.6. The summed E-state index contributed by atoms with van der Waals surface area (Å²) in [6.07, 6.45) is 0. The second-order valence-corrected chi connectivity index (χ2v) is 3.80. The Morgan fingerprint density at radius 1 is 1.19 bits per heavy atom. The SMILES string of the molecule is CC(Nc1cccc2ccccc12)C(N)=O. The van der Waals surface area contributed by atoms with Gasteiger partial charge in [-0.25, -0.2) is 0 Å². The van der Waals surface area contributed by atoms with E-state index in [9.17, 15) is 4.79 Å². The van der Waals surface area contributed by atoms with Gasteiger partial charge in [0.05, 0.1) is 0 Å². The van der Waals surface area contributed by atoms with Gasteiger partial charge < -0.3 is 11.1 Å². The Morgan fingerprint density at radius 3 is 2.62 bits per heavy atom. The van der Waals surface area contributed by atoms with Crippen LogP contribution < -0.4 is 11.1 Å². The molecule has 0 aliphatic carbocycles. The lowest BCUT2D eigenvalue weighted by molar-refractivity contribution is -0.118. The van der Waals surface area contributed by atoms with E-state index < -0.39 is 0 Å². The second-order valence-electron chi connectivity index (χ2n) is 3.80. The van der Waals surface area contributed by atoms with Crippen molar-refractivity contribution in [3.8, 4) is 0 Å². The average molecular weight is 214 g/mol. The molecule has 0 fully saturated rings. The van der Waals surface area contributed by atoms with Gasteiger partial charge in [-0.3, -0.25) is 4.79 Å². The van der Waals surface area contributed by atoms with Crippen LogP contribution in [0, 0.1) is 0 Å². The highest BCUT2D eigenvalue weighted by Gasteiger charge is 2.09. The Labute approximate surface area is 94.3 Å². The number of hydrogen-bond acceptors (Lipinski definition) is 2. The molecule has 2 aromatic rings. The summed E-state index contributed by atoms with van der Waals surface area (Å²) in [5, 5.41) is 5.35. The smallest absolute Gasteiger partial charge is 0.239 e. The summed E-state index contributed by atoms with van der Waals surface area (Å²) < 4.78 is 0. The topological polar surface area (TPSA) is 55.1 Å². The maximum atomic E-state index is 11.0. The van der Waals surface area contributed by atoms with Crippen molar-refractivity contribution in [3.05, 3.63) is 42.5 Å². The van der Waals surface area contributed by atoms with E-state index in [1.54, 1.807) is 6.92 Å². The number of anilines is 1. The molecule has 82 valence electrons. The molecule has 1 amide bonds. The van der Waals surface area contributed by atoms with Gasteiger partial charge in [-0.15, -0.1) is 0 Å². The van der Waals surface area contributed by atoms with E-state index in [4.69, 9.17) is 5.73 Å². The van der Waals surface area contributed by atoms with Crippen LogP contribution >= 0.6 is 0 Å². The summed E-state index contributed by atoms with van der Waals surface area (Å²) in [5.74, 6) is -0.354. The Balaban J connectivity index is 2.41. The molecule has 0 saturated carbocycles. The standard InChI is InChI=1S/C13H14N2O/c1-9(13(14)16)15-12-8-4-6-10-5-2-3-7-11(10)12/h2-9,15H,1H3,(H2,14,16). The Bertz CT molecular complexity index is 517. The van der Waals surface area contributed by atoms with E-state index in [0.29, 0.717) is 0 Å². The Morgan fingerprint density at radius 2 is 1.88 bits per heavy atom. The third-order valence-corrected chi connectivity index (χ3v) is 2.59. The zero-order valence-corrected chi connectivity index (χ0v) is 9.10. The number of benzene rings is 2. The minimum absolute atomic E-state index is 0.354. The van der Waals surface area contributed by atoms with E-state index in [1.165, 1.54) is 0 Å². The predicted octanol–water partition coefficient (Wildman–Crippen LogP) is 2.13. The lowest BCUT2D eigenvalue weighted by atomic mass is 10.1. The van der Waals surface area contributed by atoms with Gasteiger partial charge in [-0.2, -0.15) is 0 Å². The van der Waals surface area contributed by atoms with E-state index in [-0.39, 0.29) is 11.9 Å². The second kappa shape index (κ2) is 4.23. The summed E-state index contributed by atoms with van der Waals surface area (Å²) >= 11 is 0. The van der Waals surface area contributed by atoms with Crippen LogP contribution in [0.3, 0.4) is 0 Å². The van der Waals surface area contributed by atoms with Crippen molar-refractivity contribution in [3.63, 3.8) is 0 Å². The molecule has 0 aromatic heterocycles. The highest BCUT2D eigenvalue weighted by Crippen LogP contribution is 2.23. The van der Waals surface area contributed by atoms with Crippen LogP contribution in [-0.4, -0.2) is 11.9 Å². The lowest BCUT2D eigenvalue weighted by Gasteiger charge is -2.13. The zero-order chi connectivity index (χ0) is 11.5. The molecule has 2 aromatic carbocycles. The number of hydrogen-bond donors (Lipinski definition) is 2. The van der Waals surface area contributed by atoms with Crippen LogP contribution in [0.2, 0.25) is 0 Å². The van der Waals surface area contributed by atoms with E-state index >= 15 is 0 Å². The molecule has 3 N–H and O–H groups in total. The fraction of sp³-hybridized carbons (Fsp3) is 0.154. The summed E-state index contributed by atoms with van der Waals surface area (Å²) in [4.78, 5) is 11.0. The van der Waals surface area contributed by atoms with Gasteiger partial charge in [-0.05, 0) is 18.4 Å². The minimum atomic E-state index is -0.370. The summed E-state index contributed by atoms with van der Waals surface area (Å²) in [6.45, 7) is 1.75. The number of nitrogens with one attached hydrogen (secondary N) is 1. The summed E-state index contributed by atoms with van der Waals surface area (Å²) in [5.41, 5.74) is 6.16. The van der Waals surface area contributed by atoms with E-state index in [0.717, 1.165) is 16.5 Å². The molecule has 16 heavy (non-hydrogen) atoms. The molecular weight excluding hydrogens is 200 g/mol. The number of fused-ring (bicyclic) bond motifs is 1. The number of carbonyl (C=O) groups is 1. The fourth-order valence-electron chi connectivity index (χ4n) is 1.66. The molecule has 0 bridgehead atoms. The minimum Gasteiger partial charge on any atom is -0.373 e. The number of carbonyl (C=O) groups excluding carboxylic acids is 1. The van der Waals surface area contributed by atoms with Crippen LogP contribution in [0.1, 0.15) is 6.92 Å². The van der Waals surface area contributed by atoms with Gasteiger partial charge in [0.25, 0.3) is 0 Å². The quantitative estimate of drug-likeness (QED) is 0.822. The first-order valence-corrected chi connectivity index (χ1v) is 5.22. The van der Waals surface area contributed by atoms with Crippen molar-refractivity contribution in [2.24, 2.45) is 5.73 Å². The lowest BCUT2D eigenvalue weighted by Crippen LogP contribution is -2.32. The Kier molecular flexibility index (Phi) is 2.77. The number of rotatable bonds is 3. The number of amides is 1. The average Bonchev–Trinajstić information content (AvgIpc) is 2.29. The molecule has 0 radical (unpaired) electrons. The number of primary amides is 1. The van der Waals surface area contributed by atoms with Crippen LogP contribution in [0.25, 0.3) is 10.8 Å². The van der Waals surface area contributed by atoms with Crippen molar-refractivity contribution < 1.29 is 4.79 Å². The maximum absolute atomic E-state index is 11.0. The highest BCUT2D eigenvalue weighted by molar-refractivity contribution is 5.95. The first kappa shape index (κ1) is 10.5. The molecule has 3 heteroatoms. The van der Waals surface area contributed by atoms with Gasteiger partial charge in [0.1, 0.15) is 6.04 Å². The van der Waals surface area contributed by atoms with Crippen molar-refractivity contribution in [2.75, 3.05) is 5.32 Å². The van der Waals surface area contributed by atoms with Gasteiger partial charge >= 0.3 is 0 Å². The highest BCUT2D eigenvalue weighted by atomic mass is 16.1. The maximum Gasteiger partial charge on any atom is 0.239 e. The molecule has 0 heterocycles. The van der Waals surface area contributed by atoms with Crippen LogP contribution in [-0.2, 0) is 4.79 Å². The van der Waals surface area contributed by atoms with Crippen molar-refractivity contribution in [1.29, 1.82) is 0 Å². The van der Waals surface area contributed by atoms with Crippen molar-refractivity contribution in [1.82, 2.24) is 0 Å². The normalized spacial score (nSPS) is 12.3. The van der Waals surface area contributed by atoms with Crippen molar-refractivity contribution >= 4 is 22.4 Å². The van der Waals surface area contributed by atoms with Gasteiger partial charge in [0.2, 0.25) is 5.91 Å². The van der Waals surface area contributed by atoms with Crippen LogP contribution in [0.4, 0.5) is 5.69 Å². The predicted molar refractivity (Wildman–Crippen MR) is 66.2 cm³/mol. The molecule has 0 spiro atoms. The molecule has 1 unspecified atom stereocenters. The van der Waals surface area contributed by atoms with Gasteiger partial charge in [0.15, 0.2) is 0 Å². The molecule has 3 nitrogen and oxygen atoms in total. The largest absolute Gasteiger partial charge is 0.373 e. The first-order valence-electron chi connectivity index (χ1n) is 5.22. The van der Waals surface area contributed by atoms with E-state index in [1.807, 2.05) is 42.5 Å². The third-order valence-electron chi connectivity index (χ3n) is 2.59. The fourth-order valence-corrected chi connectivity index (χ4v) is 1.66. The molecular formula is C13H14N2O. The monoisotopic (exact) mass is 214 g/mol. The molecule has 1 atom stereocenters. The molecule has 0 aliphatic heterocycles. The van der Waals surface area contributed by atoms with Crippen molar-refractivity contribution in [2.45, 2.75) is 13.0 Å². The van der Waals surface area contributed by atoms with Gasteiger partial charge in [0, 0.05) is 11.1 Å². The Hall–Kier alpha value is -2.03. The van der Waals surface area contributed by atoms with Crippen LogP contribution in [0.5, 0.6) is 0 Å². The first-order chi connectivity index (χ1) is 7.68. The molecule has 0 aliphatic rings. The number of nitrogens with two attached hydrogens (primary N) is 1. The summed E-state index contributed by atoms with van der Waals surface area (Å²) in [7, 11) is 0. The zero-order valence-electron chi connectivity index (χ0n) is 9.10. The molecule has 2 rings (SSSR count). The molecule has 0 saturated heterocycles. The van der Waals surface area contributed by atoms with E-state index in [2.05, 4.69) is 5.32 Å².